The van der Waals surface area contributed by atoms with E-state index >= 15 is 0 Å². The van der Waals surface area contributed by atoms with Gasteiger partial charge in [0.25, 0.3) is 0 Å². The molecule has 0 bridgehead atoms. The maximum atomic E-state index is 6.27. The molecule has 0 spiro atoms. The summed E-state index contributed by atoms with van der Waals surface area (Å²) < 4.78 is 6.51. The Hall–Kier alpha value is -0.860. The second-order valence-electron chi connectivity index (χ2n) is 5.58. The highest BCUT2D eigenvalue weighted by molar-refractivity contribution is 7.99. The minimum atomic E-state index is 0.143. The number of aromatic nitrogens is 1. The van der Waals surface area contributed by atoms with Crippen LogP contribution in [0, 0.1) is 0 Å². The van der Waals surface area contributed by atoms with Crippen LogP contribution in [0.4, 0.5) is 5.69 Å². The van der Waals surface area contributed by atoms with E-state index in [1.807, 2.05) is 18.2 Å². The molecule has 3 rings (SSSR count). The van der Waals surface area contributed by atoms with E-state index in [-0.39, 0.29) is 6.04 Å². The summed E-state index contributed by atoms with van der Waals surface area (Å²) in [5.74, 6) is 1.82. The van der Waals surface area contributed by atoms with E-state index in [2.05, 4.69) is 22.8 Å². The first-order chi connectivity index (χ1) is 12.1. The Morgan fingerprint density at radius 3 is 2.96 bits per heavy atom. The molecule has 8 heteroatoms. The zero-order chi connectivity index (χ0) is 17.8. The topological polar surface area (TPSA) is 64.1 Å². The largest absolute Gasteiger partial charge is 0.467 e. The van der Waals surface area contributed by atoms with Crippen LogP contribution in [0.5, 0.6) is 0 Å². The Kier molecular flexibility index (Phi) is 6.57. The Bertz CT molecular complexity index is 835. The van der Waals surface area contributed by atoms with Crippen molar-refractivity contribution in [2.75, 3.05) is 23.6 Å². The number of hydrogen-bond acceptors (Lipinski definition) is 7. The van der Waals surface area contributed by atoms with Gasteiger partial charge in [-0.05, 0) is 31.1 Å². The number of rotatable bonds is 8. The number of thiophene rings is 1. The molecule has 3 heterocycles. The zero-order valence-electron chi connectivity index (χ0n) is 14.0. The molecule has 4 nitrogen and oxygen atoms in total. The van der Waals surface area contributed by atoms with Crippen LogP contribution < -0.4 is 11.1 Å². The lowest BCUT2D eigenvalue weighted by Crippen LogP contribution is -2.25. The third-order valence-electron chi connectivity index (χ3n) is 3.70. The normalized spacial score (nSPS) is 12.6. The minimum Gasteiger partial charge on any atom is -0.467 e. The van der Waals surface area contributed by atoms with Gasteiger partial charge in [-0.15, -0.1) is 23.1 Å². The highest BCUT2D eigenvalue weighted by Gasteiger charge is 2.18. The number of hydrogen-bond donors (Lipinski definition) is 2. The molecule has 0 radical (unpaired) electrons. The summed E-state index contributed by atoms with van der Waals surface area (Å²) in [7, 11) is 0. The van der Waals surface area contributed by atoms with E-state index in [4.69, 9.17) is 21.8 Å². The SMILES string of the molecule is CSCC(N)Cc1sc2c(NCc3ccco3)cc(Cl)nc2c1SC. The number of halogens is 1. The number of furan rings is 1. The monoisotopic (exact) mass is 413 g/mol. The molecule has 25 heavy (non-hydrogen) atoms. The van der Waals surface area contributed by atoms with Gasteiger partial charge >= 0.3 is 0 Å². The van der Waals surface area contributed by atoms with E-state index in [9.17, 15) is 0 Å². The van der Waals surface area contributed by atoms with Crippen LogP contribution >= 0.6 is 46.5 Å². The number of nitrogens with one attached hydrogen (secondary N) is 1. The number of pyridine rings is 1. The van der Waals surface area contributed by atoms with Crippen LogP contribution in [-0.2, 0) is 13.0 Å². The summed E-state index contributed by atoms with van der Waals surface area (Å²) in [6, 6.07) is 5.85. The molecule has 0 aliphatic rings. The third kappa shape index (κ3) is 4.46. The smallest absolute Gasteiger partial charge is 0.131 e. The summed E-state index contributed by atoms with van der Waals surface area (Å²) in [6.07, 6.45) is 6.68. The fourth-order valence-electron chi connectivity index (χ4n) is 2.64. The van der Waals surface area contributed by atoms with Gasteiger partial charge in [-0.25, -0.2) is 4.98 Å². The maximum absolute atomic E-state index is 6.27. The van der Waals surface area contributed by atoms with Crippen molar-refractivity contribution in [3.8, 4) is 0 Å². The Balaban J connectivity index is 1.95. The van der Waals surface area contributed by atoms with Crippen LogP contribution in [0.2, 0.25) is 5.15 Å². The van der Waals surface area contributed by atoms with Crippen molar-refractivity contribution in [3.63, 3.8) is 0 Å². The summed E-state index contributed by atoms with van der Waals surface area (Å²) >= 11 is 11.5. The van der Waals surface area contributed by atoms with Crippen molar-refractivity contribution in [2.45, 2.75) is 23.9 Å². The van der Waals surface area contributed by atoms with Crippen LogP contribution in [0.25, 0.3) is 10.2 Å². The van der Waals surface area contributed by atoms with Crippen LogP contribution in [0.3, 0.4) is 0 Å². The van der Waals surface area contributed by atoms with Crippen molar-refractivity contribution < 1.29 is 4.42 Å². The lowest BCUT2D eigenvalue weighted by Gasteiger charge is -2.09. The van der Waals surface area contributed by atoms with Gasteiger partial charge in [0, 0.05) is 27.6 Å². The van der Waals surface area contributed by atoms with E-state index in [1.54, 1.807) is 41.1 Å². The standard InChI is InChI=1S/C17H20ClN3OS3/c1-23-9-10(19)6-13-17(24-2)15-16(25-13)12(7-14(18)21-15)20-8-11-4-3-5-22-11/h3-5,7,10H,6,8-9,19H2,1-2H3,(H,20,21). The molecule has 0 saturated heterocycles. The minimum absolute atomic E-state index is 0.143. The fourth-order valence-corrected chi connectivity index (χ4v) is 5.69. The molecular formula is C17H20ClN3OS3. The van der Waals surface area contributed by atoms with E-state index in [0.717, 1.165) is 33.8 Å². The second kappa shape index (κ2) is 8.68. The fraction of sp³-hybridized carbons (Fsp3) is 0.353. The van der Waals surface area contributed by atoms with Gasteiger partial charge in [-0.2, -0.15) is 11.8 Å². The van der Waals surface area contributed by atoms with Crippen LogP contribution in [-0.4, -0.2) is 29.3 Å². The van der Waals surface area contributed by atoms with Crippen molar-refractivity contribution in [1.82, 2.24) is 4.98 Å². The van der Waals surface area contributed by atoms with Gasteiger partial charge in [0.15, 0.2) is 0 Å². The molecule has 0 fully saturated rings. The van der Waals surface area contributed by atoms with Gasteiger partial charge in [0.2, 0.25) is 0 Å². The number of anilines is 1. The van der Waals surface area contributed by atoms with Gasteiger partial charge in [-0.3, -0.25) is 0 Å². The molecule has 0 aliphatic heterocycles. The zero-order valence-corrected chi connectivity index (χ0v) is 17.2. The molecule has 1 atom stereocenters. The van der Waals surface area contributed by atoms with Gasteiger partial charge in [0.1, 0.15) is 10.9 Å². The number of thioether (sulfide) groups is 2. The third-order valence-corrected chi connectivity index (χ3v) is 6.87. The maximum Gasteiger partial charge on any atom is 0.131 e. The molecule has 0 aromatic carbocycles. The number of nitrogens with zero attached hydrogens (tertiary/aromatic N) is 1. The lowest BCUT2D eigenvalue weighted by molar-refractivity contribution is 0.518. The molecule has 3 aromatic heterocycles. The van der Waals surface area contributed by atoms with Crippen LogP contribution in [0.15, 0.2) is 33.8 Å². The molecule has 0 amide bonds. The summed E-state index contributed by atoms with van der Waals surface area (Å²) in [5.41, 5.74) is 8.19. The highest BCUT2D eigenvalue weighted by atomic mass is 35.5. The number of fused-ring (bicyclic) bond motifs is 1. The Morgan fingerprint density at radius 2 is 2.28 bits per heavy atom. The molecule has 134 valence electrons. The summed E-state index contributed by atoms with van der Waals surface area (Å²) in [4.78, 5) is 7.03. The highest BCUT2D eigenvalue weighted by Crippen LogP contribution is 2.41. The first-order valence-corrected chi connectivity index (χ1v) is 11.6. The summed E-state index contributed by atoms with van der Waals surface area (Å²) in [6.45, 7) is 0.607. The molecule has 0 saturated carbocycles. The predicted molar refractivity (Wildman–Crippen MR) is 113 cm³/mol. The Morgan fingerprint density at radius 1 is 1.44 bits per heavy atom. The van der Waals surface area contributed by atoms with Crippen molar-refractivity contribution in [1.29, 1.82) is 0 Å². The molecular weight excluding hydrogens is 394 g/mol. The lowest BCUT2D eigenvalue weighted by atomic mass is 10.2. The van der Waals surface area contributed by atoms with Gasteiger partial charge < -0.3 is 15.5 Å². The van der Waals surface area contributed by atoms with E-state index < -0.39 is 0 Å². The van der Waals surface area contributed by atoms with E-state index in [1.165, 1.54) is 9.77 Å². The average Bonchev–Trinajstić information content (AvgIpc) is 3.20. The van der Waals surface area contributed by atoms with Gasteiger partial charge in [0.05, 0.1) is 28.7 Å². The Labute approximate surface area is 164 Å². The van der Waals surface area contributed by atoms with Crippen molar-refractivity contribution in [3.05, 3.63) is 40.3 Å². The van der Waals surface area contributed by atoms with Gasteiger partial charge in [-0.1, -0.05) is 11.6 Å². The first-order valence-electron chi connectivity index (χ1n) is 7.79. The van der Waals surface area contributed by atoms with Crippen molar-refractivity contribution >= 4 is 62.4 Å². The molecule has 3 N–H and O–H groups in total. The van der Waals surface area contributed by atoms with Crippen LogP contribution in [0.1, 0.15) is 10.6 Å². The predicted octanol–water partition coefficient (Wildman–Crippen LogP) is 5.11. The second-order valence-corrected chi connectivity index (χ2v) is 8.80. The molecule has 0 aliphatic carbocycles. The van der Waals surface area contributed by atoms with Crippen molar-refractivity contribution in [2.24, 2.45) is 5.73 Å². The van der Waals surface area contributed by atoms with E-state index in [0.29, 0.717) is 11.7 Å². The average molecular weight is 414 g/mol. The quantitative estimate of drug-likeness (QED) is 0.395. The summed E-state index contributed by atoms with van der Waals surface area (Å²) in [5, 5.41) is 3.91. The first kappa shape index (κ1) is 18.9. The molecule has 1 unspecified atom stereocenters. The number of nitrogens with two attached hydrogens (primary N) is 1. The molecule has 3 aromatic rings.